The molecule has 0 radical (unpaired) electrons. The van der Waals surface area contributed by atoms with Crippen LogP contribution in [0, 0.1) is 11.6 Å². The number of hydrogen-bond acceptors (Lipinski definition) is 3. The zero-order valence-corrected chi connectivity index (χ0v) is 13.1. The molecular formula is C18H13F2N3O2. The number of para-hydroxylation sites is 1. The highest BCUT2D eigenvalue weighted by atomic mass is 19.1. The fraction of sp³-hybridized carbons (Fsp3) is 0.0556. The van der Waals surface area contributed by atoms with Crippen molar-refractivity contribution in [2.24, 2.45) is 4.99 Å². The summed E-state index contributed by atoms with van der Waals surface area (Å²) in [5.74, 6) is -2.30. The van der Waals surface area contributed by atoms with E-state index in [-0.39, 0.29) is 22.5 Å². The molecule has 126 valence electrons. The minimum atomic E-state index is -0.907. The number of aromatic amines is 1. The molecule has 0 fully saturated rings. The molecule has 25 heavy (non-hydrogen) atoms. The number of rotatable bonds is 3. The highest BCUT2D eigenvalue weighted by molar-refractivity contribution is 5.90. The second kappa shape index (κ2) is 6.64. The van der Waals surface area contributed by atoms with Crippen LogP contribution in [0.4, 0.5) is 20.2 Å². The molecule has 3 aromatic rings. The van der Waals surface area contributed by atoms with Gasteiger partial charge in [-0.25, -0.2) is 8.78 Å². The molecule has 7 heteroatoms. The average molecular weight is 341 g/mol. The van der Waals surface area contributed by atoms with Gasteiger partial charge in [0.05, 0.1) is 11.3 Å². The first kappa shape index (κ1) is 16.5. The highest BCUT2D eigenvalue weighted by Gasteiger charge is 2.10. The maximum Gasteiger partial charge on any atom is 0.257 e. The number of hydrogen-bond donors (Lipinski definition) is 2. The van der Waals surface area contributed by atoms with Crippen LogP contribution in [0.15, 0.2) is 52.3 Å². The lowest BCUT2D eigenvalue weighted by Crippen LogP contribution is -2.11. The number of amides is 1. The van der Waals surface area contributed by atoms with Crippen molar-refractivity contribution < 1.29 is 13.6 Å². The molecule has 5 nitrogen and oxygen atoms in total. The van der Waals surface area contributed by atoms with Crippen LogP contribution < -0.4 is 10.9 Å². The molecular weight excluding hydrogens is 328 g/mol. The molecule has 1 aromatic heterocycles. The Balaban J connectivity index is 2.00. The van der Waals surface area contributed by atoms with E-state index in [0.29, 0.717) is 11.6 Å². The number of aromatic nitrogens is 1. The van der Waals surface area contributed by atoms with E-state index >= 15 is 0 Å². The fourth-order valence-corrected chi connectivity index (χ4v) is 2.32. The lowest BCUT2D eigenvalue weighted by Gasteiger charge is -2.06. The number of H-pyrrole nitrogens is 1. The van der Waals surface area contributed by atoms with Crippen LogP contribution in [-0.4, -0.2) is 17.1 Å². The van der Waals surface area contributed by atoms with Gasteiger partial charge in [-0.3, -0.25) is 14.6 Å². The van der Waals surface area contributed by atoms with Crippen molar-refractivity contribution in [3.63, 3.8) is 0 Å². The Morgan fingerprint density at radius 1 is 1.16 bits per heavy atom. The normalized spacial score (nSPS) is 11.2. The van der Waals surface area contributed by atoms with Gasteiger partial charge in [0.2, 0.25) is 5.91 Å². The molecule has 0 saturated carbocycles. The van der Waals surface area contributed by atoms with E-state index in [4.69, 9.17) is 0 Å². The zero-order chi connectivity index (χ0) is 18.0. The smallest absolute Gasteiger partial charge is 0.257 e. The van der Waals surface area contributed by atoms with Gasteiger partial charge in [-0.2, -0.15) is 0 Å². The van der Waals surface area contributed by atoms with Crippen molar-refractivity contribution in [2.45, 2.75) is 6.92 Å². The first-order valence-corrected chi connectivity index (χ1v) is 7.37. The highest BCUT2D eigenvalue weighted by Crippen LogP contribution is 2.25. The predicted molar refractivity (Wildman–Crippen MR) is 92.5 cm³/mol. The number of halogens is 2. The largest absolute Gasteiger partial charge is 0.324 e. The number of anilines is 1. The summed E-state index contributed by atoms with van der Waals surface area (Å²) in [4.78, 5) is 29.7. The Morgan fingerprint density at radius 2 is 1.92 bits per heavy atom. The van der Waals surface area contributed by atoms with Crippen LogP contribution in [0.5, 0.6) is 0 Å². The summed E-state index contributed by atoms with van der Waals surface area (Å²) in [5.41, 5.74) is 0.132. The molecule has 3 rings (SSSR count). The molecule has 2 aromatic carbocycles. The van der Waals surface area contributed by atoms with Gasteiger partial charge in [0.1, 0.15) is 11.5 Å². The van der Waals surface area contributed by atoms with Crippen LogP contribution in [-0.2, 0) is 4.79 Å². The van der Waals surface area contributed by atoms with Crippen molar-refractivity contribution in [3.05, 3.63) is 70.0 Å². The monoisotopic (exact) mass is 341 g/mol. The Labute approximate surface area is 141 Å². The summed E-state index contributed by atoms with van der Waals surface area (Å²) in [6.45, 7) is 1.21. The van der Waals surface area contributed by atoms with Crippen LogP contribution in [0.25, 0.3) is 10.9 Å². The Bertz CT molecular complexity index is 1060. The fourth-order valence-electron chi connectivity index (χ4n) is 2.32. The van der Waals surface area contributed by atoms with Crippen LogP contribution in [0.2, 0.25) is 0 Å². The van der Waals surface area contributed by atoms with E-state index in [1.165, 1.54) is 13.1 Å². The summed E-state index contributed by atoms with van der Waals surface area (Å²) in [7, 11) is 0. The first-order chi connectivity index (χ1) is 11.9. The third-order valence-corrected chi connectivity index (χ3v) is 3.47. The number of nitrogens with zero attached hydrogens (tertiary/aromatic N) is 1. The summed E-state index contributed by atoms with van der Waals surface area (Å²) in [5, 5.41) is 3.05. The van der Waals surface area contributed by atoms with E-state index in [1.54, 1.807) is 18.2 Å². The third kappa shape index (κ3) is 3.60. The van der Waals surface area contributed by atoms with Gasteiger partial charge in [0.15, 0.2) is 5.82 Å². The van der Waals surface area contributed by atoms with Gasteiger partial charge in [0.25, 0.3) is 5.56 Å². The van der Waals surface area contributed by atoms with Gasteiger partial charge in [-0.15, -0.1) is 0 Å². The van der Waals surface area contributed by atoms with Gasteiger partial charge < -0.3 is 10.3 Å². The van der Waals surface area contributed by atoms with Crippen LogP contribution in [0.1, 0.15) is 12.5 Å². The Kier molecular flexibility index (Phi) is 4.38. The molecule has 0 aliphatic heterocycles. The second-order valence-electron chi connectivity index (χ2n) is 5.36. The molecule has 0 aliphatic rings. The second-order valence-corrected chi connectivity index (χ2v) is 5.36. The maximum atomic E-state index is 13.9. The number of fused-ring (bicyclic) bond motifs is 1. The lowest BCUT2D eigenvalue weighted by molar-refractivity contribution is -0.114. The van der Waals surface area contributed by atoms with Gasteiger partial charge in [-0.05, 0) is 23.6 Å². The minimum Gasteiger partial charge on any atom is -0.324 e. The van der Waals surface area contributed by atoms with Crippen molar-refractivity contribution in [3.8, 4) is 0 Å². The average Bonchev–Trinajstić information content (AvgIpc) is 2.56. The van der Waals surface area contributed by atoms with Crippen molar-refractivity contribution in [1.29, 1.82) is 0 Å². The molecule has 0 bridgehead atoms. The van der Waals surface area contributed by atoms with Crippen LogP contribution >= 0.6 is 0 Å². The first-order valence-electron chi connectivity index (χ1n) is 7.37. The van der Waals surface area contributed by atoms with Crippen molar-refractivity contribution in [1.82, 2.24) is 4.98 Å². The van der Waals surface area contributed by atoms with E-state index in [1.807, 2.05) is 12.1 Å². The van der Waals surface area contributed by atoms with Crippen LogP contribution in [0.3, 0.4) is 0 Å². The molecule has 2 N–H and O–H groups in total. The predicted octanol–water partition coefficient (Wildman–Crippen LogP) is 3.52. The van der Waals surface area contributed by atoms with Crippen molar-refractivity contribution >= 4 is 34.4 Å². The lowest BCUT2D eigenvalue weighted by atomic mass is 10.1. The number of carbonyl (C=O) groups is 1. The molecule has 1 heterocycles. The maximum absolute atomic E-state index is 13.9. The van der Waals surface area contributed by atoms with Gasteiger partial charge in [0, 0.05) is 24.7 Å². The molecule has 0 spiro atoms. The molecule has 0 aliphatic carbocycles. The van der Waals surface area contributed by atoms with E-state index < -0.39 is 17.5 Å². The molecule has 1 amide bonds. The third-order valence-electron chi connectivity index (χ3n) is 3.47. The molecule has 0 atom stereocenters. The standard InChI is InChI=1S/C18H13F2N3O2/c1-10(24)22-17-8-16(13(19)7-14(17)20)21-9-12-6-11-4-2-3-5-15(11)23-18(12)25/h2-9H,1H3,(H,22,24)(H,23,25). The zero-order valence-electron chi connectivity index (χ0n) is 13.1. The summed E-state index contributed by atoms with van der Waals surface area (Å²) in [6.07, 6.45) is 1.19. The minimum absolute atomic E-state index is 0.187. The number of aliphatic imine (C=N–C) groups is 1. The van der Waals surface area contributed by atoms with Gasteiger partial charge in [-0.1, -0.05) is 18.2 Å². The number of carbonyl (C=O) groups excluding carboxylic acids is 1. The summed E-state index contributed by atoms with van der Waals surface area (Å²) in [6, 6.07) is 10.5. The SMILES string of the molecule is CC(=O)Nc1cc(N=Cc2cc3ccccc3[nH]c2=O)c(F)cc1F. The summed E-state index contributed by atoms with van der Waals surface area (Å²) >= 11 is 0. The molecule has 0 saturated heterocycles. The summed E-state index contributed by atoms with van der Waals surface area (Å²) < 4.78 is 27.5. The number of nitrogens with one attached hydrogen (secondary N) is 2. The van der Waals surface area contributed by atoms with E-state index in [2.05, 4.69) is 15.3 Å². The number of benzene rings is 2. The quantitative estimate of drug-likeness (QED) is 0.715. The molecule has 0 unspecified atom stereocenters. The number of pyridine rings is 1. The Morgan fingerprint density at radius 3 is 2.68 bits per heavy atom. The Hall–Kier alpha value is -3.35. The van der Waals surface area contributed by atoms with E-state index in [0.717, 1.165) is 11.5 Å². The van der Waals surface area contributed by atoms with E-state index in [9.17, 15) is 18.4 Å². The topological polar surface area (TPSA) is 74.3 Å². The van der Waals surface area contributed by atoms with Gasteiger partial charge >= 0.3 is 0 Å². The van der Waals surface area contributed by atoms with Crippen molar-refractivity contribution in [2.75, 3.05) is 5.32 Å².